The molecule has 0 aliphatic carbocycles. The maximum Gasteiger partial charge on any atom is 0.300 e. The Balaban J connectivity index is 0.000000328. The molecule has 1 aromatic heterocycles. The average molecular weight is 265 g/mol. The number of para-hydroxylation sites is 1. The topological polar surface area (TPSA) is 50.2 Å². The van der Waals surface area contributed by atoms with Gasteiger partial charge < -0.3 is 5.11 Å². The van der Waals surface area contributed by atoms with Crippen molar-refractivity contribution in [3.8, 4) is 11.3 Å². The summed E-state index contributed by atoms with van der Waals surface area (Å²) < 4.78 is 0. The van der Waals surface area contributed by atoms with Crippen LogP contribution < -0.4 is 0 Å². The zero-order valence-electron chi connectivity index (χ0n) is 11.2. The van der Waals surface area contributed by atoms with Crippen molar-refractivity contribution in [3.05, 3.63) is 66.7 Å². The van der Waals surface area contributed by atoms with E-state index in [0.29, 0.717) is 0 Å². The van der Waals surface area contributed by atoms with Crippen LogP contribution in [0.5, 0.6) is 0 Å². The lowest BCUT2D eigenvalue weighted by Gasteiger charge is -2.02. The van der Waals surface area contributed by atoms with Gasteiger partial charge in [0.1, 0.15) is 0 Å². The highest BCUT2D eigenvalue weighted by Crippen LogP contribution is 2.20. The Morgan fingerprint density at radius 1 is 0.900 bits per heavy atom. The molecule has 1 N–H and O–H groups in total. The maximum absolute atomic E-state index is 9.00. The summed E-state index contributed by atoms with van der Waals surface area (Å²) in [4.78, 5) is 13.6. The van der Waals surface area contributed by atoms with E-state index in [2.05, 4.69) is 35.3 Å². The minimum atomic E-state index is -0.833. The minimum absolute atomic E-state index is 0.833. The lowest BCUT2D eigenvalue weighted by molar-refractivity contribution is -0.134. The van der Waals surface area contributed by atoms with Crippen LogP contribution in [-0.2, 0) is 4.79 Å². The number of carboxylic acids is 1. The van der Waals surface area contributed by atoms with E-state index in [-0.39, 0.29) is 0 Å². The van der Waals surface area contributed by atoms with E-state index in [0.717, 1.165) is 23.7 Å². The Morgan fingerprint density at radius 3 is 2.20 bits per heavy atom. The summed E-state index contributed by atoms with van der Waals surface area (Å²) in [6.45, 7) is 1.08. The number of hydrogen-bond acceptors (Lipinski definition) is 2. The molecule has 0 atom stereocenters. The van der Waals surface area contributed by atoms with E-state index in [4.69, 9.17) is 9.90 Å². The van der Waals surface area contributed by atoms with Gasteiger partial charge in [0.2, 0.25) is 0 Å². The Bertz CT molecular complexity index is 704. The Hall–Kier alpha value is -2.68. The van der Waals surface area contributed by atoms with Crippen molar-refractivity contribution in [1.29, 1.82) is 0 Å². The van der Waals surface area contributed by atoms with Gasteiger partial charge in [0, 0.05) is 17.9 Å². The smallest absolute Gasteiger partial charge is 0.300 e. The first-order valence-electron chi connectivity index (χ1n) is 6.27. The summed E-state index contributed by atoms with van der Waals surface area (Å²) in [5.74, 6) is -0.833. The summed E-state index contributed by atoms with van der Waals surface area (Å²) >= 11 is 0. The molecule has 20 heavy (non-hydrogen) atoms. The SMILES string of the molecule is CC(=O)O.c1ccc(-c2ccc3ccccc3n2)cc1. The Kier molecular flexibility index (Phi) is 4.45. The molecule has 0 spiro atoms. The number of hydrogen-bond donors (Lipinski definition) is 1. The molecular weight excluding hydrogens is 250 g/mol. The second-order valence-corrected chi connectivity index (χ2v) is 4.27. The van der Waals surface area contributed by atoms with Gasteiger partial charge in [-0.3, -0.25) is 4.79 Å². The number of rotatable bonds is 1. The normalized spacial score (nSPS) is 9.65. The maximum atomic E-state index is 9.00. The Labute approximate surface area is 117 Å². The largest absolute Gasteiger partial charge is 0.481 e. The number of pyridine rings is 1. The van der Waals surface area contributed by atoms with E-state index >= 15 is 0 Å². The zero-order valence-corrected chi connectivity index (χ0v) is 11.2. The van der Waals surface area contributed by atoms with Crippen LogP contribution in [-0.4, -0.2) is 16.1 Å². The molecule has 3 nitrogen and oxygen atoms in total. The third kappa shape index (κ3) is 3.65. The van der Waals surface area contributed by atoms with E-state index in [1.807, 2.05) is 36.4 Å². The molecule has 1 heterocycles. The average Bonchev–Trinajstić information content (AvgIpc) is 2.47. The molecule has 0 bridgehead atoms. The van der Waals surface area contributed by atoms with Gasteiger partial charge in [-0.1, -0.05) is 54.6 Å². The number of aliphatic carboxylic acids is 1. The minimum Gasteiger partial charge on any atom is -0.481 e. The molecular formula is C17H15NO2. The summed E-state index contributed by atoms with van der Waals surface area (Å²) in [6, 6.07) is 22.6. The first-order valence-corrected chi connectivity index (χ1v) is 6.27. The number of carbonyl (C=O) groups is 1. The predicted molar refractivity (Wildman–Crippen MR) is 80.5 cm³/mol. The van der Waals surface area contributed by atoms with Gasteiger partial charge in [-0.05, 0) is 12.1 Å². The highest BCUT2D eigenvalue weighted by Gasteiger charge is 1.99. The second kappa shape index (κ2) is 6.48. The van der Waals surface area contributed by atoms with Crippen LogP contribution in [0, 0.1) is 0 Å². The van der Waals surface area contributed by atoms with E-state index < -0.39 is 5.97 Å². The van der Waals surface area contributed by atoms with Crippen molar-refractivity contribution in [3.63, 3.8) is 0 Å². The molecule has 0 amide bonds. The van der Waals surface area contributed by atoms with Gasteiger partial charge in [-0.15, -0.1) is 0 Å². The van der Waals surface area contributed by atoms with Crippen molar-refractivity contribution in [2.75, 3.05) is 0 Å². The van der Waals surface area contributed by atoms with Crippen LogP contribution in [0.25, 0.3) is 22.2 Å². The third-order valence-corrected chi connectivity index (χ3v) is 2.67. The fourth-order valence-electron chi connectivity index (χ4n) is 1.84. The molecule has 3 rings (SSSR count). The van der Waals surface area contributed by atoms with E-state index in [1.165, 1.54) is 5.39 Å². The molecule has 0 radical (unpaired) electrons. The van der Waals surface area contributed by atoms with Gasteiger partial charge in [0.25, 0.3) is 5.97 Å². The fraction of sp³-hybridized carbons (Fsp3) is 0.0588. The van der Waals surface area contributed by atoms with Crippen LogP contribution in [0.4, 0.5) is 0 Å². The molecule has 100 valence electrons. The third-order valence-electron chi connectivity index (χ3n) is 2.67. The van der Waals surface area contributed by atoms with Crippen LogP contribution in [0.3, 0.4) is 0 Å². The molecule has 3 heteroatoms. The summed E-state index contributed by atoms with van der Waals surface area (Å²) in [5.41, 5.74) is 3.23. The van der Waals surface area contributed by atoms with E-state index in [1.54, 1.807) is 0 Å². The van der Waals surface area contributed by atoms with Gasteiger partial charge in [0.15, 0.2) is 0 Å². The molecule has 0 saturated heterocycles. The first-order chi connectivity index (χ1) is 9.66. The standard InChI is InChI=1S/C15H11N.C2H4O2/c1-2-6-12(7-3-1)15-11-10-13-8-4-5-9-14(13)16-15;1-2(3)4/h1-11H;1H3,(H,3,4). The number of aromatic nitrogens is 1. The van der Waals surface area contributed by atoms with Gasteiger partial charge in [-0.25, -0.2) is 4.98 Å². The monoisotopic (exact) mass is 265 g/mol. The van der Waals surface area contributed by atoms with Crippen molar-refractivity contribution < 1.29 is 9.90 Å². The lowest BCUT2D eigenvalue weighted by Crippen LogP contribution is -1.84. The summed E-state index contributed by atoms with van der Waals surface area (Å²) in [6.07, 6.45) is 0. The zero-order chi connectivity index (χ0) is 14.4. The molecule has 3 aromatic rings. The molecule has 0 saturated carbocycles. The highest BCUT2D eigenvalue weighted by molar-refractivity contribution is 5.81. The predicted octanol–water partition coefficient (Wildman–Crippen LogP) is 3.99. The highest BCUT2D eigenvalue weighted by atomic mass is 16.4. The van der Waals surface area contributed by atoms with Crippen molar-refractivity contribution in [2.45, 2.75) is 6.92 Å². The number of nitrogens with zero attached hydrogens (tertiary/aromatic N) is 1. The Morgan fingerprint density at radius 2 is 1.50 bits per heavy atom. The van der Waals surface area contributed by atoms with E-state index in [9.17, 15) is 0 Å². The second-order valence-electron chi connectivity index (χ2n) is 4.27. The van der Waals surface area contributed by atoms with Gasteiger partial charge in [0.05, 0.1) is 11.2 Å². The number of benzene rings is 2. The van der Waals surface area contributed by atoms with Crippen molar-refractivity contribution in [1.82, 2.24) is 4.98 Å². The molecule has 0 aliphatic rings. The summed E-state index contributed by atoms with van der Waals surface area (Å²) in [5, 5.41) is 8.60. The number of fused-ring (bicyclic) bond motifs is 1. The molecule has 2 aromatic carbocycles. The van der Waals surface area contributed by atoms with Crippen molar-refractivity contribution in [2.24, 2.45) is 0 Å². The van der Waals surface area contributed by atoms with Crippen LogP contribution >= 0.6 is 0 Å². The molecule has 0 unspecified atom stereocenters. The van der Waals surface area contributed by atoms with Crippen LogP contribution in [0.1, 0.15) is 6.92 Å². The number of carboxylic acid groups (broad SMARTS) is 1. The lowest BCUT2D eigenvalue weighted by atomic mass is 10.1. The molecule has 0 aliphatic heterocycles. The van der Waals surface area contributed by atoms with Gasteiger partial charge in [-0.2, -0.15) is 0 Å². The summed E-state index contributed by atoms with van der Waals surface area (Å²) in [7, 11) is 0. The van der Waals surface area contributed by atoms with Crippen LogP contribution in [0.15, 0.2) is 66.7 Å². The fourth-order valence-corrected chi connectivity index (χ4v) is 1.84. The van der Waals surface area contributed by atoms with Crippen molar-refractivity contribution >= 4 is 16.9 Å². The molecule has 0 fully saturated rings. The van der Waals surface area contributed by atoms with Crippen LogP contribution in [0.2, 0.25) is 0 Å². The van der Waals surface area contributed by atoms with Gasteiger partial charge >= 0.3 is 0 Å². The quantitative estimate of drug-likeness (QED) is 0.723. The first kappa shape index (κ1) is 13.7.